The quantitative estimate of drug-likeness (QED) is 0.618. The van der Waals surface area contributed by atoms with Crippen LogP contribution in [-0.4, -0.2) is 56.4 Å². The van der Waals surface area contributed by atoms with E-state index in [1.165, 1.54) is 0 Å². The van der Waals surface area contributed by atoms with Crippen molar-refractivity contribution in [2.24, 2.45) is 22.2 Å². The molecule has 7 heteroatoms. The number of halogens is 3. The third kappa shape index (κ3) is 4.60. The molecule has 2 aliphatic heterocycles. The second kappa shape index (κ2) is 7.72. The minimum Gasteiger partial charge on any atom is -0.381 e. The first-order valence-corrected chi connectivity index (χ1v) is 9.59. The highest BCUT2D eigenvalue weighted by molar-refractivity contribution is 5.80. The topological polar surface area (TPSA) is 36.9 Å². The summed E-state index contributed by atoms with van der Waals surface area (Å²) in [6.45, 7) is 7.13. The van der Waals surface area contributed by atoms with Gasteiger partial charge in [0.2, 0.25) is 0 Å². The maximum absolute atomic E-state index is 12.8. The van der Waals surface area contributed by atoms with Gasteiger partial charge in [-0.2, -0.15) is 13.2 Å². The van der Waals surface area contributed by atoms with Crippen LogP contribution in [0.25, 0.3) is 0 Å². The van der Waals surface area contributed by atoms with E-state index in [-0.39, 0.29) is 24.2 Å². The standard InChI is InChI=1S/C18H30F3N3O/c1-2-22-16(24-9-7-17(12-24)8-10-25-13-17)23-11-14-3-5-15(6-4-14)18(19,20)21/h14-15H,2-13H2,1H3,(H,22,23). The summed E-state index contributed by atoms with van der Waals surface area (Å²) in [5, 5.41) is 3.36. The maximum atomic E-state index is 12.8. The average Bonchev–Trinajstić information content (AvgIpc) is 3.21. The van der Waals surface area contributed by atoms with Crippen LogP contribution in [0.5, 0.6) is 0 Å². The molecule has 2 heterocycles. The molecule has 0 aromatic heterocycles. The molecule has 0 bridgehead atoms. The highest BCUT2D eigenvalue weighted by Gasteiger charge is 2.43. The van der Waals surface area contributed by atoms with Gasteiger partial charge in [-0.1, -0.05) is 0 Å². The van der Waals surface area contributed by atoms with E-state index in [1.54, 1.807) is 0 Å². The van der Waals surface area contributed by atoms with Crippen molar-refractivity contribution >= 4 is 5.96 Å². The van der Waals surface area contributed by atoms with Crippen molar-refractivity contribution in [2.45, 2.75) is 51.6 Å². The Morgan fingerprint density at radius 3 is 2.60 bits per heavy atom. The Morgan fingerprint density at radius 1 is 1.24 bits per heavy atom. The maximum Gasteiger partial charge on any atom is 0.391 e. The second-order valence-electron chi connectivity index (χ2n) is 7.93. The molecule has 2 saturated heterocycles. The van der Waals surface area contributed by atoms with Gasteiger partial charge in [-0.05, 0) is 51.4 Å². The number of hydrogen-bond acceptors (Lipinski definition) is 2. The van der Waals surface area contributed by atoms with Crippen molar-refractivity contribution < 1.29 is 17.9 Å². The number of nitrogens with zero attached hydrogens (tertiary/aromatic N) is 2. The Bertz CT molecular complexity index is 467. The monoisotopic (exact) mass is 361 g/mol. The van der Waals surface area contributed by atoms with E-state index in [0.717, 1.165) is 51.6 Å². The van der Waals surface area contributed by atoms with Crippen LogP contribution in [0.2, 0.25) is 0 Å². The summed E-state index contributed by atoms with van der Waals surface area (Å²) in [5.74, 6) is 0.0876. The molecule has 1 spiro atoms. The summed E-state index contributed by atoms with van der Waals surface area (Å²) in [6, 6.07) is 0. The number of nitrogens with one attached hydrogen (secondary N) is 1. The first-order chi connectivity index (χ1) is 11.9. The normalized spacial score (nSPS) is 34.1. The van der Waals surface area contributed by atoms with E-state index < -0.39 is 12.1 Å². The van der Waals surface area contributed by atoms with Gasteiger partial charge in [0.15, 0.2) is 5.96 Å². The van der Waals surface area contributed by atoms with Gasteiger partial charge in [-0.15, -0.1) is 0 Å². The van der Waals surface area contributed by atoms with E-state index in [0.29, 0.717) is 19.4 Å². The van der Waals surface area contributed by atoms with Crippen LogP contribution < -0.4 is 5.32 Å². The lowest BCUT2D eigenvalue weighted by Crippen LogP contribution is -2.42. The molecule has 0 radical (unpaired) electrons. The number of rotatable bonds is 3. The first kappa shape index (κ1) is 18.8. The van der Waals surface area contributed by atoms with Crippen LogP contribution in [0.1, 0.15) is 45.4 Å². The van der Waals surface area contributed by atoms with Gasteiger partial charge in [0.1, 0.15) is 0 Å². The molecule has 1 N–H and O–H groups in total. The van der Waals surface area contributed by atoms with Crippen molar-refractivity contribution in [3.63, 3.8) is 0 Å². The summed E-state index contributed by atoms with van der Waals surface area (Å²) in [5.41, 5.74) is 0.279. The van der Waals surface area contributed by atoms with Crippen molar-refractivity contribution in [2.75, 3.05) is 39.4 Å². The highest BCUT2D eigenvalue weighted by atomic mass is 19.4. The lowest BCUT2D eigenvalue weighted by molar-refractivity contribution is -0.183. The highest BCUT2D eigenvalue weighted by Crippen LogP contribution is 2.40. The van der Waals surface area contributed by atoms with Crippen molar-refractivity contribution in [3.8, 4) is 0 Å². The Kier molecular flexibility index (Phi) is 5.81. The zero-order valence-corrected chi connectivity index (χ0v) is 15.1. The predicted molar refractivity (Wildman–Crippen MR) is 91.5 cm³/mol. The van der Waals surface area contributed by atoms with Crippen molar-refractivity contribution in [3.05, 3.63) is 0 Å². The summed E-state index contributed by atoms with van der Waals surface area (Å²) in [6.07, 6.45) is -0.0145. The molecular formula is C18H30F3N3O. The predicted octanol–water partition coefficient (Wildman–Crippen LogP) is 3.43. The molecular weight excluding hydrogens is 331 g/mol. The molecule has 0 aromatic rings. The van der Waals surface area contributed by atoms with Gasteiger partial charge < -0.3 is 15.0 Å². The zero-order chi connectivity index (χ0) is 17.9. The number of ether oxygens (including phenoxy) is 1. The lowest BCUT2D eigenvalue weighted by atomic mass is 9.82. The molecule has 144 valence electrons. The van der Waals surface area contributed by atoms with Gasteiger partial charge in [0.25, 0.3) is 0 Å². The SMILES string of the molecule is CCNC(=NCC1CCC(C(F)(F)F)CC1)N1CCC2(CCOC2)C1. The van der Waals surface area contributed by atoms with E-state index >= 15 is 0 Å². The van der Waals surface area contributed by atoms with E-state index in [9.17, 15) is 13.2 Å². The third-order valence-electron chi connectivity index (χ3n) is 6.07. The largest absolute Gasteiger partial charge is 0.391 e. The lowest BCUT2D eigenvalue weighted by Gasteiger charge is -2.30. The van der Waals surface area contributed by atoms with Crippen molar-refractivity contribution in [1.29, 1.82) is 0 Å². The fourth-order valence-corrected chi connectivity index (χ4v) is 4.40. The van der Waals surface area contributed by atoms with E-state index in [4.69, 9.17) is 9.73 Å². The Hall–Kier alpha value is -0.980. The Balaban J connectivity index is 1.53. The summed E-state index contributed by atoms with van der Waals surface area (Å²) in [7, 11) is 0. The van der Waals surface area contributed by atoms with Gasteiger partial charge in [0, 0.05) is 38.2 Å². The Morgan fingerprint density at radius 2 is 2.00 bits per heavy atom. The molecule has 0 amide bonds. The molecule has 0 aromatic carbocycles. The number of likely N-dealkylation sites (tertiary alicyclic amines) is 1. The molecule has 3 rings (SSSR count). The molecule has 1 atom stereocenters. The van der Waals surface area contributed by atoms with Crippen molar-refractivity contribution in [1.82, 2.24) is 10.2 Å². The number of guanidine groups is 1. The molecule has 4 nitrogen and oxygen atoms in total. The molecule has 1 unspecified atom stereocenters. The number of alkyl halides is 3. The first-order valence-electron chi connectivity index (χ1n) is 9.59. The summed E-state index contributed by atoms with van der Waals surface area (Å²) in [4.78, 5) is 7.08. The van der Waals surface area contributed by atoms with Gasteiger partial charge in [-0.3, -0.25) is 4.99 Å². The van der Waals surface area contributed by atoms with Crippen LogP contribution in [0.15, 0.2) is 4.99 Å². The van der Waals surface area contributed by atoms with Crippen LogP contribution in [0.3, 0.4) is 0 Å². The minimum absolute atomic E-state index is 0.254. The fraction of sp³-hybridized carbons (Fsp3) is 0.944. The van der Waals surface area contributed by atoms with E-state index in [1.807, 2.05) is 0 Å². The molecule has 3 fully saturated rings. The summed E-state index contributed by atoms with van der Waals surface area (Å²) >= 11 is 0. The fourth-order valence-electron chi connectivity index (χ4n) is 4.40. The van der Waals surface area contributed by atoms with Crippen LogP contribution in [0.4, 0.5) is 13.2 Å². The van der Waals surface area contributed by atoms with Crippen LogP contribution >= 0.6 is 0 Å². The van der Waals surface area contributed by atoms with Gasteiger partial charge in [-0.25, -0.2) is 0 Å². The molecule has 25 heavy (non-hydrogen) atoms. The molecule has 3 aliphatic rings. The second-order valence-corrected chi connectivity index (χ2v) is 7.93. The smallest absolute Gasteiger partial charge is 0.381 e. The Labute approximate surface area is 148 Å². The zero-order valence-electron chi connectivity index (χ0n) is 15.1. The van der Waals surface area contributed by atoms with Gasteiger partial charge >= 0.3 is 6.18 Å². The van der Waals surface area contributed by atoms with Crippen LogP contribution in [-0.2, 0) is 4.74 Å². The third-order valence-corrected chi connectivity index (χ3v) is 6.07. The van der Waals surface area contributed by atoms with E-state index in [2.05, 4.69) is 17.1 Å². The average molecular weight is 361 g/mol. The van der Waals surface area contributed by atoms with Crippen LogP contribution in [0, 0.1) is 17.3 Å². The molecule has 1 aliphatic carbocycles. The number of hydrogen-bond donors (Lipinski definition) is 1. The number of aliphatic imine (C=N–C) groups is 1. The minimum atomic E-state index is -4.03. The molecule has 1 saturated carbocycles. The summed E-state index contributed by atoms with van der Waals surface area (Å²) < 4.78 is 43.9. The van der Waals surface area contributed by atoms with Gasteiger partial charge in [0.05, 0.1) is 12.5 Å².